The minimum absolute atomic E-state index is 0.155. The number of allylic oxidation sites excluding steroid dienone is 2. The molecule has 2 aromatic carbocycles. The lowest BCUT2D eigenvalue weighted by Crippen LogP contribution is -2.11. The highest BCUT2D eigenvalue weighted by molar-refractivity contribution is 9.11. The van der Waals surface area contributed by atoms with Crippen LogP contribution >= 0.6 is 15.9 Å². The fourth-order valence-corrected chi connectivity index (χ4v) is 4.24. The first-order chi connectivity index (χ1) is 11.9. The van der Waals surface area contributed by atoms with Gasteiger partial charge in [0, 0.05) is 10.4 Å². The second-order valence-electron chi connectivity index (χ2n) is 9.89. The van der Waals surface area contributed by atoms with E-state index < -0.39 is 0 Å². The summed E-state index contributed by atoms with van der Waals surface area (Å²) in [4.78, 5) is 0. The Kier molecular flexibility index (Phi) is 4.76. The van der Waals surface area contributed by atoms with Crippen LogP contribution in [0, 0.1) is 0 Å². The first kappa shape index (κ1) is 19.4. The Hall–Kier alpha value is -1.34. The molecule has 0 spiro atoms. The van der Waals surface area contributed by atoms with Crippen molar-refractivity contribution in [2.24, 2.45) is 0 Å². The minimum Gasteiger partial charge on any atom is -0.0653 e. The number of hydrogen-bond donors (Lipinski definition) is 0. The summed E-state index contributed by atoms with van der Waals surface area (Å²) in [5.41, 5.74) is 10.1. The van der Waals surface area contributed by atoms with E-state index in [0.29, 0.717) is 5.92 Å². The number of fused-ring (bicyclic) bond motifs is 3. The first-order valence-corrected chi connectivity index (χ1v) is 10.3. The molecular formula is C25H31Br. The predicted molar refractivity (Wildman–Crippen MR) is 118 cm³/mol. The molecule has 0 aliphatic heterocycles. The molecule has 0 saturated heterocycles. The molecule has 0 fully saturated rings. The molecule has 0 saturated carbocycles. The highest BCUT2D eigenvalue weighted by Crippen LogP contribution is 2.52. The van der Waals surface area contributed by atoms with E-state index in [1.165, 1.54) is 43.4 Å². The van der Waals surface area contributed by atoms with Crippen molar-refractivity contribution in [1.29, 1.82) is 0 Å². The second kappa shape index (κ2) is 6.37. The molecule has 0 aromatic heterocycles. The van der Waals surface area contributed by atoms with Crippen molar-refractivity contribution in [2.75, 3.05) is 0 Å². The van der Waals surface area contributed by atoms with E-state index in [4.69, 9.17) is 0 Å². The third-order valence-electron chi connectivity index (χ3n) is 5.48. The van der Waals surface area contributed by atoms with E-state index in [1.807, 2.05) is 0 Å². The third kappa shape index (κ3) is 3.31. The maximum absolute atomic E-state index is 3.90. The summed E-state index contributed by atoms with van der Waals surface area (Å²) in [6.45, 7) is 18.1. The number of hydrogen-bond acceptors (Lipinski definition) is 0. The van der Waals surface area contributed by atoms with Crippen LogP contribution in [0.3, 0.4) is 0 Å². The highest BCUT2D eigenvalue weighted by atomic mass is 79.9. The van der Waals surface area contributed by atoms with Crippen LogP contribution in [0.5, 0.6) is 0 Å². The van der Waals surface area contributed by atoms with Crippen molar-refractivity contribution >= 4 is 15.9 Å². The summed E-state index contributed by atoms with van der Waals surface area (Å²) in [6.07, 6.45) is 0. The van der Waals surface area contributed by atoms with E-state index >= 15 is 0 Å². The van der Waals surface area contributed by atoms with Crippen LogP contribution in [-0.4, -0.2) is 0 Å². The molecule has 26 heavy (non-hydrogen) atoms. The van der Waals surface area contributed by atoms with Gasteiger partial charge in [0.15, 0.2) is 0 Å². The van der Waals surface area contributed by atoms with Crippen LogP contribution in [0.1, 0.15) is 83.6 Å². The van der Waals surface area contributed by atoms with Crippen LogP contribution in [0.2, 0.25) is 0 Å². The molecule has 138 valence electrons. The van der Waals surface area contributed by atoms with Crippen LogP contribution in [0.15, 0.2) is 46.5 Å². The predicted octanol–water partition coefficient (Wildman–Crippen LogP) is 8.08. The SMILES string of the molecule is CC(C)=C(Br)C1c2ccc(C(C)(C)C)cc2-c2cc(C(C)(C)C)ccc21. The summed E-state index contributed by atoms with van der Waals surface area (Å²) in [5.74, 6) is 0.313. The Morgan fingerprint density at radius 2 is 1.12 bits per heavy atom. The van der Waals surface area contributed by atoms with Gasteiger partial charge in [-0.25, -0.2) is 0 Å². The van der Waals surface area contributed by atoms with Crippen molar-refractivity contribution in [2.45, 2.75) is 72.1 Å². The lowest BCUT2D eigenvalue weighted by Gasteiger charge is -2.21. The zero-order valence-corrected chi connectivity index (χ0v) is 19.0. The van der Waals surface area contributed by atoms with Crippen molar-refractivity contribution in [3.8, 4) is 11.1 Å². The molecule has 0 heterocycles. The third-order valence-corrected chi connectivity index (χ3v) is 6.73. The van der Waals surface area contributed by atoms with Crippen LogP contribution < -0.4 is 0 Å². The van der Waals surface area contributed by atoms with Crippen molar-refractivity contribution in [1.82, 2.24) is 0 Å². The Balaban J connectivity index is 2.31. The molecule has 1 aliphatic carbocycles. The van der Waals surface area contributed by atoms with Crippen LogP contribution in [0.25, 0.3) is 11.1 Å². The van der Waals surface area contributed by atoms with Crippen molar-refractivity contribution in [3.63, 3.8) is 0 Å². The van der Waals surface area contributed by atoms with E-state index in [1.54, 1.807) is 0 Å². The van der Waals surface area contributed by atoms with Gasteiger partial charge in [-0.15, -0.1) is 0 Å². The normalized spacial score (nSPS) is 14.2. The lowest BCUT2D eigenvalue weighted by molar-refractivity contribution is 0.589. The van der Waals surface area contributed by atoms with Gasteiger partial charge in [-0.1, -0.05) is 99.4 Å². The molecule has 1 heteroatoms. The quantitative estimate of drug-likeness (QED) is 0.445. The van der Waals surface area contributed by atoms with Gasteiger partial charge in [-0.05, 0) is 58.1 Å². The van der Waals surface area contributed by atoms with Crippen molar-refractivity contribution < 1.29 is 0 Å². The van der Waals surface area contributed by atoms with Crippen LogP contribution in [-0.2, 0) is 10.8 Å². The fraction of sp³-hybridized carbons (Fsp3) is 0.440. The van der Waals surface area contributed by atoms with Gasteiger partial charge < -0.3 is 0 Å². The zero-order chi connectivity index (χ0) is 19.4. The average molecular weight is 411 g/mol. The number of benzene rings is 2. The summed E-state index contributed by atoms with van der Waals surface area (Å²) < 4.78 is 1.30. The monoisotopic (exact) mass is 410 g/mol. The summed E-state index contributed by atoms with van der Waals surface area (Å²) in [7, 11) is 0. The van der Waals surface area contributed by atoms with Gasteiger partial charge in [0.25, 0.3) is 0 Å². The first-order valence-electron chi connectivity index (χ1n) is 9.53. The molecule has 3 rings (SSSR count). The highest BCUT2D eigenvalue weighted by Gasteiger charge is 2.33. The summed E-state index contributed by atoms with van der Waals surface area (Å²) in [6, 6.07) is 14.2. The standard InChI is InChI=1S/C25H31Br/c1-15(2)23(26)22-18-11-9-16(24(3,4)5)13-20(18)21-14-17(25(6,7)8)10-12-19(21)22/h9-14,22H,1-8H3. The van der Waals surface area contributed by atoms with E-state index in [2.05, 4.69) is 108 Å². The largest absolute Gasteiger partial charge is 0.0653 e. The molecule has 0 bridgehead atoms. The molecule has 2 aromatic rings. The Bertz CT molecular complexity index is 818. The molecule has 0 unspecified atom stereocenters. The molecule has 0 N–H and O–H groups in total. The topological polar surface area (TPSA) is 0 Å². The van der Waals surface area contributed by atoms with Gasteiger partial charge in [0.2, 0.25) is 0 Å². The molecule has 0 amide bonds. The second-order valence-corrected chi connectivity index (χ2v) is 10.7. The Labute approximate surface area is 167 Å². The lowest BCUT2D eigenvalue weighted by atomic mass is 9.83. The van der Waals surface area contributed by atoms with E-state index in [9.17, 15) is 0 Å². The Morgan fingerprint density at radius 3 is 1.42 bits per heavy atom. The zero-order valence-electron chi connectivity index (χ0n) is 17.4. The average Bonchev–Trinajstić information content (AvgIpc) is 2.85. The number of halogens is 1. The van der Waals surface area contributed by atoms with Gasteiger partial charge in [0.05, 0.1) is 0 Å². The molecule has 0 atom stereocenters. The fourth-order valence-electron chi connectivity index (χ4n) is 3.74. The van der Waals surface area contributed by atoms with Crippen LogP contribution in [0.4, 0.5) is 0 Å². The van der Waals surface area contributed by atoms with Gasteiger partial charge >= 0.3 is 0 Å². The molecule has 0 radical (unpaired) electrons. The maximum atomic E-state index is 3.90. The van der Waals surface area contributed by atoms with Gasteiger partial charge in [-0.3, -0.25) is 0 Å². The van der Waals surface area contributed by atoms with E-state index in [0.717, 1.165) is 0 Å². The van der Waals surface area contributed by atoms with E-state index in [-0.39, 0.29) is 10.8 Å². The van der Waals surface area contributed by atoms with Crippen molar-refractivity contribution in [3.05, 3.63) is 68.7 Å². The smallest absolute Gasteiger partial charge is 0.0417 e. The minimum atomic E-state index is 0.155. The molecule has 0 nitrogen and oxygen atoms in total. The van der Waals surface area contributed by atoms with Gasteiger partial charge in [-0.2, -0.15) is 0 Å². The summed E-state index contributed by atoms with van der Waals surface area (Å²) in [5, 5.41) is 0. The summed E-state index contributed by atoms with van der Waals surface area (Å²) >= 11 is 3.90. The maximum Gasteiger partial charge on any atom is 0.0417 e. The molecule has 1 aliphatic rings. The number of rotatable bonds is 1. The van der Waals surface area contributed by atoms with Gasteiger partial charge in [0.1, 0.15) is 0 Å². The molecular weight excluding hydrogens is 380 g/mol. The Morgan fingerprint density at radius 1 is 0.731 bits per heavy atom.